The fourth-order valence-corrected chi connectivity index (χ4v) is 5.65. The van der Waals surface area contributed by atoms with Crippen LogP contribution in [0.2, 0.25) is 0 Å². The van der Waals surface area contributed by atoms with E-state index in [4.69, 9.17) is 4.74 Å². The van der Waals surface area contributed by atoms with Gasteiger partial charge in [-0.1, -0.05) is 102 Å². The van der Waals surface area contributed by atoms with Gasteiger partial charge in [-0.3, -0.25) is 14.6 Å². The van der Waals surface area contributed by atoms with Crippen molar-refractivity contribution in [2.75, 3.05) is 7.11 Å². The van der Waals surface area contributed by atoms with Gasteiger partial charge in [0.15, 0.2) is 0 Å². The Morgan fingerprint density at radius 1 is 0.720 bits per heavy atom. The number of methoxy groups -OCH3 is 1. The number of carbonyl (C=O) groups excluding carboxylic acids is 3. The summed E-state index contributed by atoms with van der Waals surface area (Å²) in [6, 6.07) is 17.4. The molecule has 12 heteroatoms. The first-order valence-electron chi connectivity index (χ1n) is 16.6. The quantitative estimate of drug-likeness (QED) is 0.141. The molecule has 3 aromatic rings. The average Bonchev–Trinajstić information content (AvgIpc) is 3.05. The molecule has 0 aliphatic rings. The predicted octanol–water partition coefficient (Wildman–Crippen LogP) is 4.71. The van der Waals surface area contributed by atoms with Crippen LogP contribution < -0.4 is 21.3 Å². The summed E-state index contributed by atoms with van der Waals surface area (Å²) in [4.78, 5) is 55.4. The third kappa shape index (κ3) is 12.2. The lowest BCUT2D eigenvalue weighted by molar-refractivity contribution is -0.128. The fourth-order valence-electron chi connectivity index (χ4n) is 5.65. The summed E-state index contributed by atoms with van der Waals surface area (Å²) in [6.07, 6.45) is 0.793. The number of nitrogens with zero attached hydrogens (tertiary/aromatic N) is 1. The third-order valence-electron chi connectivity index (χ3n) is 8.37. The number of amides is 4. The van der Waals surface area contributed by atoms with E-state index in [9.17, 15) is 29.4 Å². The highest BCUT2D eigenvalue weighted by molar-refractivity contribution is 5.87. The number of aromatic nitrogens is 1. The minimum atomic E-state index is -1.34. The number of benzene rings is 2. The van der Waals surface area contributed by atoms with E-state index in [2.05, 4.69) is 26.3 Å². The van der Waals surface area contributed by atoms with Crippen LogP contribution in [0.5, 0.6) is 0 Å². The van der Waals surface area contributed by atoms with Crippen LogP contribution in [0.3, 0.4) is 0 Å². The summed E-state index contributed by atoms with van der Waals surface area (Å²) in [5.41, 5.74) is 2.19. The van der Waals surface area contributed by atoms with Crippen molar-refractivity contribution in [3.8, 4) is 11.1 Å². The van der Waals surface area contributed by atoms with Crippen LogP contribution in [0.1, 0.15) is 59.1 Å². The van der Waals surface area contributed by atoms with Crippen molar-refractivity contribution in [2.24, 2.45) is 10.8 Å². The van der Waals surface area contributed by atoms with Crippen molar-refractivity contribution < 1.29 is 34.1 Å². The third-order valence-corrected chi connectivity index (χ3v) is 8.37. The van der Waals surface area contributed by atoms with Gasteiger partial charge in [-0.2, -0.15) is 0 Å². The van der Waals surface area contributed by atoms with Crippen LogP contribution in [0.15, 0.2) is 79.1 Å². The Morgan fingerprint density at radius 2 is 1.30 bits per heavy atom. The van der Waals surface area contributed by atoms with E-state index >= 15 is 0 Å². The zero-order valence-corrected chi connectivity index (χ0v) is 29.9. The molecule has 0 bridgehead atoms. The molecule has 0 aliphatic heterocycles. The standard InChI is InChI=1S/C38H51N5O7/c1-37(2,3)31(42-35(47)48)34(46)41-29(21-24-12-9-8-10-13-24)30(44)22-28(40-33(45)32(38(4,5)6)43-36(49)50-7)20-25-15-17-26(18-16-25)27-14-11-19-39-23-27/h8-19,23,28-32,42,44H,20-22H2,1-7H3,(H,40,45)(H,41,46)(H,43,49)(H,47,48)/t28-,29-,30-,31+,32+/m0/s1. The molecule has 0 saturated carbocycles. The molecule has 0 aliphatic carbocycles. The number of alkyl carbamates (subject to hydrolysis) is 1. The summed E-state index contributed by atoms with van der Waals surface area (Å²) in [5.74, 6) is -1.05. The lowest BCUT2D eigenvalue weighted by atomic mass is 9.85. The molecule has 1 aromatic heterocycles. The van der Waals surface area contributed by atoms with E-state index in [0.717, 1.165) is 22.3 Å². The Morgan fingerprint density at radius 3 is 1.84 bits per heavy atom. The fraction of sp³-hybridized carbons (Fsp3) is 0.447. The first-order chi connectivity index (χ1) is 23.5. The summed E-state index contributed by atoms with van der Waals surface area (Å²) in [6.45, 7) is 10.7. The summed E-state index contributed by atoms with van der Waals surface area (Å²) >= 11 is 0. The van der Waals surface area contributed by atoms with Crippen molar-refractivity contribution in [2.45, 2.75) is 91.1 Å². The van der Waals surface area contributed by atoms with E-state index in [1.165, 1.54) is 7.11 Å². The molecule has 6 N–H and O–H groups in total. The maximum absolute atomic E-state index is 13.8. The van der Waals surface area contributed by atoms with Gasteiger partial charge >= 0.3 is 12.2 Å². The molecular formula is C38H51N5O7. The topological polar surface area (TPSA) is 179 Å². The molecule has 4 amide bonds. The Bertz CT molecular complexity index is 1550. The molecule has 2 aromatic carbocycles. The van der Waals surface area contributed by atoms with Gasteiger partial charge in [-0.05, 0) is 58.4 Å². The highest BCUT2D eigenvalue weighted by atomic mass is 16.5. The Labute approximate surface area is 294 Å². The SMILES string of the molecule is COC(=O)N[C@H](C(=O)N[C@@H](Cc1ccc(-c2cccnc2)cc1)C[C@H](O)[C@H](Cc1ccccc1)NC(=O)[C@@H](NC(=O)O)C(C)(C)C)C(C)(C)C. The van der Waals surface area contributed by atoms with Gasteiger partial charge in [0, 0.05) is 18.4 Å². The highest BCUT2D eigenvalue weighted by Crippen LogP contribution is 2.24. The number of rotatable bonds is 14. The number of nitrogens with one attached hydrogen (secondary N) is 4. The van der Waals surface area contributed by atoms with E-state index in [1.54, 1.807) is 33.2 Å². The number of pyridine rings is 1. The minimum Gasteiger partial charge on any atom is -0.465 e. The molecule has 5 atom stereocenters. The van der Waals surface area contributed by atoms with Crippen LogP contribution in [0, 0.1) is 10.8 Å². The Hall–Kier alpha value is -4.97. The molecule has 0 radical (unpaired) electrons. The van der Waals surface area contributed by atoms with E-state index < -0.39 is 65.1 Å². The number of carboxylic acid groups (broad SMARTS) is 1. The Kier molecular flexibility index (Phi) is 13.9. The first kappa shape index (κ1) is 39.5. The molecule has 50 heavy (non-hydrogen) atoms. The van der Waals surface area contributed by atoms with Crippen LogP contribution >= 0.6 is 0 Å². The average molecular weight is 690 g/mol. The van der Waals surface area contributed by atoms with Crippen LogP contribution in [-0.2, 0) is 27.2 Å². The van der Waals surface area contributed by atoms with Gasteiger partial charge in [-0.15, -0.1) is 0 Å². The second-order valence-electron chi connectivity index (χ2n) is 14.6. The largest absolute Gasteiger partial charge is 0.465 e. The summed E-state index contributed by atoms with van der Waals surface area (Å²) in [5, 5.41) is 32.2. The number of carbonyl (C=O) groups is 4. The number of aliphatic hydroxyl groups is 1. The molecule has 0 fully saturated rings. The molecule has 0 spiro atoms. The Balaban J connectivity index is 1.95. The van der Waals surface area contributed by atoms with Gasteiger partial charge in [-0.25, -0.2) is 9.59 Å². The molecule has 12 nitrogen and oxygen atoms in total. The number of ether oxygens (including phenoxy) is 1. The first-order valence-corrected chi connectivity index (χ1v) is 16.6. The second-order valence-corrected chi connectivity index (χ2v) is 14.6. The smallest absolute Gasteiger partial charge is 0.407 e. The zero-order valence-electron chi connectivity index (χ0n) is 29.9. The van der Waals surface area contributed by atoms with Gasteiger partial charge in [0.2, 0.25) is 11.8 Å². The molecule has 0 saturated heterocycles. The monoisotopic (exact) mass is 689 g/mol. The van der Waals surface area contributed by atoms with Crippen molar-refractivity contribution in [1.29, 1.82) is 0 Å². The molecule has 270 valence electrons. The summed E-state index contributed by atoms with van der Waals surface area (Å²) < 4.78 is 4.77. The van der Waals surface area contributed by atoms with Crippen LogP contribution in [-0.4, -0.2) is 76.6 Å². The van der Waals surface area contributed by atoms with Crippen LogP contribution in [0.4, 0.5) is 9.59 Å². The molecular weight excluding hydrogens is 638 g/mol. The van der Waals surface area contributed by atoms with Gasteiger partial charge < -0.3 is 36.2 Å². The number of aliphatic hydroxyl groups excluding tert-OH is 1. The van der Waals surface area contributed by atoms with Crippen molar-refractivity contribution in [3.63, 3.8) is 0 Å². The van der Waals surface area contributed by atoms with Gasteiger partial charge in [0.1, 0.15) is 12.1 Å². The number of hydrogen-bond donors (Lipinski definition) is 6. The molecule has 3 rings (SSSR count). The predicted molar refractivity (Wildman–Crippen MR) is 191 cm³/mol. The summed E-state index contributed by atoms with van der Waals surface area (Å²) in [7, 11) is 1.22. The molecule has 1 heterocycles. The highest BCUT2D eigenvalue weighted by Gasteiger charge is 2.37. The van der Waals surface area contributed by atoms with Crippen LogP contribution in [0.25, 0.3) is 11.1 Å². The van der Waals surface area contributed by atoms with Gasteiger partial charge in [0.25, 0.3) is 0 Å². The zero-order chi connectivity index (χ0) is 37.1. The molecule has 0 unspecified atom stereocenters. The number of hydrogen-bond acceptors (Lipinski definition) is 7. The van der Waals surface area contributed by atoms with E-state index in [0.29, 0.717) is 6.42 Å². The van der Waals surface area contributed by atoms with Crippen molar-refractivity contribution in [3.05, 3.63) is 90.3 Å². The minimum absolute atomic E-state index is 0.0233. The van der Waals surface area contributed by atoms with Crippen molar-refractivity contribution in [1.82, 2.24) is 26.3 Å². The second kappa shape index (κ2) is 17.6. The lowest BCUT2D eigenvalue weighted by Crippen LogP contribution is -2.58. The normalized spacial score (nSPS) is 14.6. The lowest BCUT2D eigenvalue weighted by Gasteiger charge is -2.34. The maximum Gasteiger partial charge on any atom is 0.407 e. The van der Waals surface area contributed by atoms with E-state index in [1.807, 2.05) is 87.5 Å². The maximum atomic E-state index is 13.8. The van der Waals surface area contributed by atoms with E-state index in [-0.39, 0.29) is 12.8 Å². The van der Waals surface area contributed by atoms with Gasteiger partial charge in [0.05, 0.1) is 19.3 Å². The van der Waals surface area contributed by atoms with Crippen molar-refractivity contribution >= 4 is 24.0 Å².